The summed E-state index contributed by atoms with van der Waals surface area (Å²) in [4.78, 5) is 0. The molecule has 0 bridgehead atoms. The van der Waals surface area contributed by atoms with E-state index in [1.54, 1.807) is 0 Å². The van der Waals surface area contributed by atoms with E-state index in [9.17, 15) is 0 Å². The van der Waals surface area contributed by atoms with Crippen LogP contribution in [0.3, 0.4) is 0 Å². The quantitative estimate of drug-likeness (QED) is 0.640. The molecule has 1 radical (unpaired) electrons. The summed E-state index contributed by atoms with van der Waals surface area (Å²) in [6.45, 7) is 1.13. The van der Waals surface area contributed by atoms with Gasteiger partial charge in [-0.15, -0.1) is 6.54 Å². The first-order valence-corrected chi connectivity index (χ1v) is 5.47. The Kier molecular flexibility index (Phi) is 5.54. The minimum Gasteiger partial charge on any atom is -0.661 e. The Balaban J connectivity index is 0.000000845. The van der Waals surface area contributed by atoms with E-state index in [-0.39, 0.29) is 20.1 Å². The molecule has 0 amide bonds. The van der Waals surface area contributed by atoms with Crippen LogP contribution in [0, 0.1) is 12.3 Å². The van der Waals surface area contributed by atoms with Gasteiger partial charge in [-0.2, -0.15) is 18.4 Å². The number of hydrogen-bond acceptors (Lipinski definition) is 0. The predicted octanol–water partition coefficient (Wildman–Crippen LogP) is 3.30. The molecule has 0 spiro atoms. The summed E-state index contributed by atoms with van der Waals surface area (Å²) in [6.07, 6.45) is 12.3. The first-order valence-electron chi connectivity index (χ1n) is 5.47. The summed E-state index contributed by atoms with van der Waals surface area (Å²) >= 11 is 0. The van der Waals surface area contributed by atoms with Gasteiger partial charge in [0.1, 0.15) is 0 Å². The van der Waals surface area contributed by atoms with Crippen LogP contribution in [0.4, 0.5) is 0 Å². The Morgan fingerprint density at radius 1 is 1.00 bits per heavy atom. The molecule has 2 fully saturated rings. The molecule has 13 heavy (non-hydrogen) atoms. The second kappa shape index (κ2) is 6.16. The number of nitrogens with zero attached hydrogens (tertiary/aromatic N) is 1. The minimum absolute atomic E-state index is 0. The maximum Gasteiger partial charge on any atom is 0 e. The first kappa shape index (κ1) is 11.7. The van der Waals surface area contributed by atoms with Crippen molar-refractivity contribution in [3.63, 3.8) is 0 Å². The van der Waals surface area contributed by atoms with Gasteiger partial charge in [-0.1, -0.05) is 38.5 Å². The second-order valence-corrected chi connectivity index (χ2v) is 4.15. The van der Waals surface area contributed by atoms with Gasteiger partial charge in [-0.05, 0) is 0 Å². The molecule has 79 valence electrons. The van der Waals surface area contributed by atoms with Crippen molar-refractivity contribution in [2.75, 3.05) is 6.54 Å². The van der Waals surface area contributed by atoms with Crippen LogP contribution in [0.15, 0.2) is 0 Å². The van der Waals surface area contributed by atoms with Gasteiger partial charge in [-0.25, -0.2) is 0 Å². The van der Waals surface area contributed by atoms with Crippen molar-refractivity contribution in [3.05, 3.63) is 11.7 Å². The average molecular weight is 357 g/mol. The Labute approximate surface area is 95.4 Å². The zero-order chi connectivity index (χ0) is 8.23. The fourth-order valence-corrected chi connectivity index (χ4v) is 2.49. The zero-order valence-corrected chi connectivity index (χ0v) is 10.6. The fourth-order valence-electron chi connectivity index (χ4n) is 2.49. The van der Waals surface area contributed by atoms with Crippen LogP contribution < -0.4 is 0 Å². The van der Waals surface area contributed by atoms with Crippen molar-refractivity contribution in [1.29, 1.82) is 0 Å². The SMILES string of the molecule is [CH-]1CCCCC1C1CCCC[N-]1.[Ir]. The molecule has 1 saturated heterocycles. The minimum atomic E-state index is 0. The van der Waals surface area contributed by atoms with Crippen LogP contribution in [-0.2, 0) is 20.1 Å². The molecule has 2 unspecified atom stereocenters. The van der Waals surface area contributed by atoms with Gasteiger partial charge >= 0.3 is 0 Å². The molecule has 1 nitrogen and oxygen atoms in total. The Bertz CT molecular complexity index is 110. The van der Waals surface area contributed by atoms with Gasteiger partial charge in [0.05, 0.1) is 0 Å². The molecule has 1 saturated carbocycles. The molecule has 0 aromatic carbocycles. The van der Waals surface area contributed by atoms with E-state index >= 15 is 0 Å². The molecule has 2 heteroatoms. The van der Waals surface area contributed by atoms with Crippen molar-refractivity contribution >= 4 is 0 Å². The largest absolute Gasteiger partial charge is 0.661 e. The van der Waals surface area contributed by atoms with E-state index < -0.39 is 0 Å². The van der Waals surface area contributed by atoms with Gasteiger partial charge < -0.3 is 11.7 Å². The van der Waals surface area contributed by atoms with E-state index in [0.29, 0.717) is 6.04 Å². The van der Waals surface area contributed by atoms with Crippen LogP contribution in [0.2, 0.25) is 0 Å². The second-order valence-electron chi connectivity index (χ2n) is 4.15. The third-order valence-electron chi connectivity index (χ3n) is 3.23. The number of hydrogen-bond donors (Lipinski definition) is 0. The standard InChI is InChI=1S/C11H19N.Ir/c1-2-6-10(7-3-1)11-8-4-5-9-12-11;/h6,10-11H,1-5,7-9H2;/q-2;. The topological polar surface area (TPSA) is 14.1 Å². The summed E-state index contributed by atoms with van der Waals surface area (Å²) < 4.78 is 0. The molecule has 1 aliphatic heterocycles. The predicted molar refractivity (Wildman–Crippen MR) is 52.1 cm³/mol. The van der Waals surface area contributed by atoms with E-state index in [4.69, 9.17) is 5.32 Å². The summed E-state index contributed by atoms with van der Waals surface area (Å²) in [5.41, 5.74) is 0. The van der Waals surface area contributed by atoms with Crippen molar-refractivity contribution in [2.45, 2.75) is 51.0 Å². The van der Waals surface area contributed by atoms with Crippen LogP contribution >= 0.6 is 0 Å². The summed E-state index contributed by atoms with van der Waals surface area (Å²) in [5, 5.41) is 4.72. The van der Waals surface area contributed by atoms with Crippen molar-refractivity contribution in [2.24, 2.45) is 5.92 Å². The zero-order valence-electron chi connectivity index (χ0n) is 8.17. The maximum atomic E-state index is 4.72. The third kappa shape index (κ3) is 3.34. The van der Waals surface area contributed by atoms with Crippen molar-refractivity contribution in [3.8, 4) is 0 Å². The van der Waals surface area contributed by atoms with E-state index in [1.807, 2.05) is 0 Å². The van der Waals surface area contributed by atoms with Gasteiger partial charge in [0.2, 0.25) is 0 Å². The molecule has 2 rings (SSSR count). The van der Waals surface area contributed by atoms with E-state index in [2.05, 4.69) is 6.42 Å². The first-order chi connectivity index (χ1) is 5.97. The van der Waals surface area contributed by atoms with Gasteiger partial charge in [0, 0.05) is 20.1 Å². The Hall–Kier alpha value is 0.609. The van der Waals surface area contributed by atoms with Crippen LogP contribution in [0.1, 0.15) is 44.9 Å². The van der Waals surface area contributed by atoms with Crippen LogP contribution in [0.5, 0.6) is 0 Å². The molecule has 0 aromatic rings. The van der Waals surface area contributed by atoms with Gasteiger partial charge in [-0.3, -0.25) is 0 Å². The van der Waals surface area contributed by atoms with Crippen molar-refractivity contribution in [1.82, 2.24) is 0 Å². The molecular formula is C11H19IrN-2. The van der Waals surface area contributed by atoms with Gasteiger partial charge in [0.15, 0.2) is 0 Å². The summed E-state index contributed by atoms with van der Waals surface area (Å²) in [7, 11) is 0. The monoisotopic (exact) mass is 358 g/mol. The van der Waals surface area contributed by atoms with E-state index in [0.717, 1.165) is 12.5 Å². The normalized spacial score (nSPS) is 35.1. The maximum absolute atomic E-state index is 4.72. The molecule has 2 atom stereocenters. The molecule has 1 aliphatic carbocycles. The smallest absolute Gasteiger partial charge is 0 e. The molecule has 0 aromatic heterocycles. The summed E-state index contributed by atoms with van der Waals surface area (Å²) in [6, 6.07) is 0.707. The Morgan fingerprint density at radius 3 is 2.46 bits per heavy atom. The van der Waals surface area contributed by atoms with Crippen molar-refractivity contribution < 1.29 is 20.1 Å². The number of piperidine rings is 1. The van der Waals surface area contributed by atoms with Crippen LogP contribution in [0.25, 0.3) is 5.32 Å². The third-order valence-corrected chi connectivity index (χ3v) is 3.23. The molecule has 0 N–H and O–H groups in total. The molecular weight excluding hydrogens is 338 g/mol. The van der Waals surface area contributed by atoms with Gasteiger partial charge in [0.25, 0.3) is 0 Å². The fraction of sp³-hybridized carbons (Fsp3) is 0.909. The number of rotatable bonds is 1. The average Bonchev–Trinajstić information content (AvgIpc) is 2.21. The molecule has 1 heterocycles. The van der Waals surface area contributed by atoms with Crippen LogP contribution in [-0.4, -0.2) is 12.6 Å². The molecule has 2 aliphatic rings. The summed E-state index contributed by atoms with van der Waals surface area (Å²) in [5.74, 6) is 0.846. The Morgan fingerprint density at radius 2 is 1.85 bits per heavy atom. The van der Waals surface area contributed by atoms with E-state index in [1.165, 1.54) is 44.9 Å².